The fourth-order valence-corrected chi connectivity index (χ4v) is 3.32. The number of hydrogen-bond acceptors (Lipinski definition) is 3. The zero-order valence-corrected chi connectivity index (χ0v) is 15.5. The highest BCUT2D eigenvalue weighted by Gasteiger charge is 2.20. The molecule has 0 aromatic heterocycles. The van der Waals surface area contributed by atoms with E-state index in [0.29, 0.717) is 10.0 Å². The van der Waals surface area contributed by atoms with Crippen LogP contribution in [-0.2, 0) is 16.6 Å². The lowest BCUT2D eigenvalue weighted by molar-refractivity contribution is 0.0949. The second-order valence-electron chi connectivity index (χ2n) is 5.20. The Kier molecular flexibility index (Phi) is 5.74. The van der Waals surface area contributed by atoms with Gasteiger partial charge in [-0.1, -0.05) is 18.2 Å². The molecule has 1 N–H and O–H groups in total. The van der Waals surface area contributed by atoms with E-state index in [1.54, 1.807) is 18.2 Å². The number of carbonyl (C=O) groups excluding carboxylic acids is 1. The summed E-state index contributed by atoms with van der Waals surface area (Å²) < 4.78 is 39.4. The fraction of sp³-hybridized carbons (Fsp3) is 0.188. The molecule has 0 saturated carbocycles. The van der Waals surface area contributed by atoms with Gasteiger partial charge in [0, 0.05) is 30.7 Å². The van der Waals surface area contributed by atoms with Gasteiger partial charge in [0.05, 0.1) is 10.5 Å². The summed E-state index contributed by atoms with van der Waals surface area (Å²) in [5.41, 5.74) is 0.508. The molecular weight excluding hydrogens is 399 g/mol. The molecule has 0 aliphatic rings. The van der Waals surface area contributed by atoms with Crippen LogP contribution in [0.2, 0.25) is 0 Å². The normalized spacial score (nSPS) is 11.5. The Labute approximate surface area is 148 Å². The van der Waals surface area contributed by atoms with Gasteiger partial charge >= 0.3 is 0 Å². The quantitative estimate of drug-likeness (QED) is 0.817. The molecule has 5 nitrogen and oxygen atoms in total. The maximum atomic E-state index is 13.6. The van der Waals surface area contributed by atoms with E-state index in [0.717, 1.165) is 4.31 Å². The summed E-state index contributed by atoms with van der Waals surface area (Å²) >= 11 is 3.23. The van der Waals surface area contributed by atoms with Crippen LogP contribution in [0.1, 0.15) is 15.9 Å². The largest absolute Gasteiger partial charge is 0.348 e. The molecule has 0 bridgehead atoms. The lowest BCUT2D eigenvalue weighted by Gasteiger charge is -2.13. The van der Waals surface area contributed by atoms with Crippen LogP contribution in [0.15, 0.2) is 51.8 Å². The summed E-state index contributed by atoms with van der Waals surface area (Å²) in [4.78, 5) is 12.3. The molecule has 2 aromatic carbocycles. The van der Waals surface area contributed by atoms with Crippen molar-refractivity contribution in [3.05, 3.63) is 63.9 Å². The number of rotatable bonds is 5. The Morgan fingerprint density at radius 1 is 1.21 bits per heavy atom. The van der Waals surface area contributed by atoms with Crippen LogP contribution in [0.4, 0.5) is 4.39 Å². The number of hydrogen-bond donors (Lipinski definition) is 1. The first kappa shape index (κ1) is 18.6. The van der Waals surface area contributed by atoms with Crippen molar-refractivity contribution in [1.82, 2.24) is 9.62 Å². The third-order valence-electron chi connectivity index (χ3n) is 3.36. The third kappa shape index (κ3) is 4.00. The first-order valence-electron chi connectivity index (χ1n) is 6.97. The first-order valence-corrected chi connectivity index (χ1v) is 9.20. The van der Waals surface area contributed by atoms with Crippen LogP contribution in [-0.4, -0.2) is 32.7 Å². The van der Waals surface area contributed by atoms with Crippen molar-refractivity contribution in [3.8, 4) is 0 Å². The predicted octanol–water partition coefficient (Wildman–Crippen LogP) is 2.77. The molecule has 128 valence electrons. The summed E-state index contributed by atoms with van der Waals surface area (Å²) in [6, 6.07) is 10.3. The highest BCUT2D eigenvalue weighted by Crippen LogP contribution is 2.22. The van der Waals surface area contributed by atoms with Gasteiger partial charge in [0.25, 0.3) is 5.91 Å². The maximum Gasteiger partial charge on any atom is 0.252 e. The van der Waals surface area contributed by atoms with Crippen molar-refractivity contribution in [1.29, 1.82) is 0 Å². The van der Waals surface area contributed by atoms with E-state index in [1.807, 2.05) is 0 Å². The minimum atomic E-state index is -3.65. The zero-order valence-electron chi connectivity index (χ0n) is 13.1. The average molecular weight is 415 g/mol. The molecule has 8 heteroatoms. The van der Waals surface area contributed by atoms with Gasteiger partial charge in [0.15, 0.2) is 0 Å². The number of nitrogens with zero attached hydrogens (tertiary/aromatic N) is 1. The van der Waals surface area contributed by atoms with Gasteiger partial charge in [-0.25, -0.2) is 17.1 Å². The standard InChI is InChI=1S/C16H16BrFN2O3S/c1-20(2)24(22,23)12-7-8-14(17)13(9-12)16(21)19-10-11-5-3-4-6-15(11)18/h3-9H,10H2,1-2H3,(H,19,21). The van der Waals surface area contributed by atoms with E-state index in [4.69, 9.17) is 0 Å². The molecule has 2 aromatic rings. The van der Waals surface area contributed by atoms with E-state index < -0.39 is 21.7 Å². The van der Waals surface area contributed by atoms with Crippen LogP contribution in [0.3, 0.4) is 0 Å². The van der Waals surface area contributed by atoms with Crippen LogP contribution in [0.25, 0.3) is 0 Å². The molecule has 2 rings (SSSR count). The number of halogens is 2. The van der Waals surface area contributed by atoms with Crippen LogP contribution in [0.5, 0.6) is 0 Å². The molecular formula is C16H16BrFN2O3S. The second kappa shape index (κ2) is 7.42. The number of nitrogens with one attached hydrogen (secondary N) is 1. The predicted molar refractivity (Wildman–Crippen MR) is 92.6 cm³/mol. The smallest absolute Gasteiger partial charge is 0.252 e. The molecule has 0 spiro atoms. The van der Waals surface area contributed by atoms with Crippen LogP contribution < -0.4 is 5.32 Å². The van der Waals surface area contributed by atoms with Crippen molar-refractivity contribution < 1.29 is 17.6 Å². The Morgan fingerprint density at radius 2 is 1.88 bits per heavy atom. The summed E-state index contributed by atoms with van der Waals surface area (Å²) in [7, 11) is -0.827. The minimum Gasteiger partial charge on any atom is -0.348 e. The first-order chi connectivity index (χ1) is 11.2. The Hall–Kier alpha value is -1.77. The topological polar surface area (TPSA) is 66.5 Å². The lowest BCUT2D eigenvalue weighted by Crippen LogP contribution is -2.25. The summed E-state index contributed by atoms with van der Waals surface area (Å²) in [5, 5.41) is 2.59. The maximum absolute atomic E-state index is 13.6. The molecule has 0 radical (unpaired) electrons. The molecule has 1 amide bonds. The minimum absolute atomic E-state index is 0.00258. The van der Waals surface area contributed by atoms with Gasteiger partial charge in [0.1, 0.15) is 5.82 Å². The van der Waals surface area contributed by atoms with Gasteiger partial charge < -0.3 is 5.32 Å². The monoisotopic (exact) mass is 414 g/mol. The van der Waals surface area contributed by atoms with Gasteiger partial charge in [-0.3, -0.25) is 4.79 Å². The molecule has 0 aliphatic carbocycles. The van der Waals surface area contributed by atoms with Crippen molar-refractivity contribution in [2.75, 3.05) is 14.1 Å². The van der Waals surface area contributed by atoms with Crippen molar-refractivity contribution >= 4 is 31.9 Å². The van der Waals surface area contributed by atoms with Crippen LogP contribution in [0, 0.1) is 5.82 Å². The molecule has 0 atom stereocenters. The van der Waals surface area contributed by atoms with E-state index in [1.165, 1.54) is 38.4 Å². The molecule has 0 aliphatic heterocycles. The van der Waals surface area contributed by atoms with Crippen LogP contribution >= 0.6 is 15.9 Å². The highest BCUT2D eigenvalue weighted by molar-refractivity contribution is 9.10. The molecule has 0 fully saturated rings. The molecule has 0 heterocycles. The van der Waals surface area contributed by atoms with Gasteiger partial charge in [0.2, 0.25) is 10.0 Å². The molecule has 0 saturated heterocycles. The summed E-state index contributed by atoms with van der Waals surface area (Å²) in [6.07, 6.45) is 0. The summed E-state index contributed by atoms with van der Waals surface area (Å²) in [5.74, 6) is -0.915. The average Bonchev–Trinajstić information content (AvgIpc) is 2.54. The van der Waals surface area contributed by atoms with E-state index in [-0.39, 0.29) is 17.0 Å². The Balaban J connectivity index is 2.25. The van der Waals surface area contributed by atoms with E-state index in [9.17, 15) is 17.6 Å². The SMILES string of the molecule is CN(C)S(=O)(=O)c1ccc(Br)c(C(=O)NCc2ccccc2F)c1. The van der Waals surface area contributed by atoms with Crippen molar-refractivity contribution in [3.63, 3.8) is 0 Å². The zero-order chi connectivity index (χ0) is 17.9. The number of amides is 1. The second-order valence-corrected chi connectivity index (χ2v) is 8.21. The fourth-order valence-electron chi connectivity index (χ4n) is 1.96. The number of carbonyl (C=O) groups is 1. The highest BCUT2D eigenvalue weighted by atomic mass is 79.9. The van der Waals surface area contributed by atoms with Gasteiger partial charge in [-0.15, -0.1) is 0 Å². The Bertz CT molecular complexity index is 869. The van der Waals surface area contributed by atoms with Crippen molar-refractivity contribution in [2.45, 2.75) is 11.4 Å². The van der Waals surface area contributed by atoms with Gasteiger partial charge in [-0.2, -0.15) is 0 Å². The van der Waals surface area contributed by atoms with E-state index in [2.05, 4.69) is 21.2 Å². The number of sulfonamides is 1. The Morgan fingerprint density at radius 3 is 2.50 bits per heavy atom. The van der Waals surface area contributed by atoms with Gasteiger partial charge in [-0.05, 0) is 40.2 Å². The number of benzene rings is 2. The third-order valence-corrected chi connectivity index (χ3v) is 5.86. The molecule has 0 unspecified atom stereocenters. The lowest BCUT2D eigenvalue weighted by atomic mass is 10.2. The molecule has 24 heavy (non-hydrogen) atoms. The summed E-state index contributed by atoms with van der Waals surface area (Å²) in [6.45, 7) is 0.00258. The van der Waals surface area contributed by atoms with E-state index >= 15 is 0 Å². The van der Waals surface area contributed by atoms with Crippen molar-refractivity contribution in [2.24, 2.45) is 0 Å².